The number of hydrogen-bond acceptors (Lipinski definition) is 1. The number of carbonyl (C=O) groups excluding carboxylic acids is 1. The third-order valence-electron chi connectivity index (χ3n) is 3.38. The lowest BCUT2D eigenvalue weighted by atomic mass is 9.85. The first kappa shape index (κ1) is 14.1. The van der Waals surface area contributed by atoms with Crippen LogP contribution in [0.25, 0.3) is 0 Å². The number of amides is 1. The molecule has 1 aliphatic carbocycles. The van der Waals surface area contributed by atoms with Crippen molar-refractivity contribution < 1.29 is 4.79 Å². The molecule has 0 radical (unpaired) electrons. The second kappa shape index (κ2) is 6.20. The molecular weight excluding hydrogens is 358 g/mol. The monoisotopic (exact) mass is 373 g/mol. The molecule has 0 saturated heterocycles. The minimum Gasteiger partial charge on any atom is -0.345 e. The summed E-state index contributed by atoms with van der Waals surface area (Å²) in [6, 6.07) is 7.94. The van der Waals surface area contributed by atoms with Gasteiger partial charge in [-0.1, -0.05) is 44.0 Å². The van der Waals surface area contributed by atoms with Gasteiger partial charge in [-0.15, -0.1) is 0 Å². The van der Waals surface area contributed by atoms with Crippen molar-refractivity contribution in [3.05, 3.63) is 34.3 Å². The van der Waals surface area contributed by atoms with Crippen LogP contribution < -0.4 is 0 Å². The van der Waals surface area contributed by atoms with E-state index in [1.54, 1.807) is 0 Å². The maximum absolute atomic E-state index is 12.1. The molecule has 0 aliphatic heterocycles. The largest absolute Gasteiger partial charge is 0.345 e. The van der Waals surface area contributed by atoms with E-state index in [1.165, 1.54) is 12.8 Å². The molecule has 2 nitrogen and oxygen atoms in total. The first-order valence-electron chi connectivity index (χ1n) is 6.17. The first-order chi connectivity index (χ1) is 8.54. The normalized spacial score (nSPS) is 22.4. The predicted molar refractivity (Wildman–Crippen MR) is 80.9 cm³/mol. The Kier molecular flexibility index (Phi) is 4.84. The van der Waals surface area contributed by atoms with E-state index in [1.807, 2.05) is 36.2 Å². The summed E-state index contributed by atoms with van der Waals surface area (Å²) < 4.78 is 1.02. The second-order valence-corrected chi connectivity index (χ2v) is 7.23. The van der Waals surface area contributed by atoms with Gasteiger partial charge in [-0.25, -0.2) is 0 Å². The van der Waals surface area contributed by atoms with Crippen LogP contribution in [0.15, 0.2) is 28.7 Å². The van der Waals surface area contributed by atoms with Gasteiger partial charge in [-0.3, -0.25) is 4.79 Å². The number of hydrogen-bond donors (Lipinski definition) is 0. The highest BCUT2D eigenvalue weighted by molar-refractivity contribution is 9.10. The van der Waals surface area contributed by atoms with Crippen LogP contribution in [0.1, 0.15) is 18.4 Å². The number of halogens is 2. The van der Waals surface area contributed by atoms with Crippen LogP contribution in [0, 0.1) is 5.92 Å². The van der Waals surface area contributed by atoms with Crippen LogP contribution in [0.5, 0.6) is 0 Å². The Balaban J connectivity index is 1.83. The van der Waals surface area contributed by atoms with Gasteiger partial charge in [0.15, 0.2) is 0 Å². The van der Waals surface area contributed by atoms with Gasteiger partial charge in [0.2, 0.25) is 5.91 Å². The molecule has 0 N–H and O–H groups in total. The van der Waals surface area contributed by atoms with Gasteiger partial charge in [0.1, 0.15) is 0 Å². The van der Waals surface area contributed by atoms with E-state index >= 15 is 0 Å². The fourth-order valence-corrected chi connectivity index (χ4v) is 3.75. The molecular formula is C14H17Br2NO. The Morgan fingerprint density at radius 1 is 1.44 bits per heavy atom. The van der Waals surface area contributed by atoms with E-state index in [0.717, 1.165) is 16.6 Å². The molecule has 18 heavy (non-hydrogen) atoms. The first-order valence-corrected chi connectivity index (χ1v) is 7.88. The van der Waals surface area contributed by atoms with Crippen LogP contribution in [-0.4, -0.2) is 29.2 Å². The van der Waals surface area contributed by atoms with Crippen molar-refractivity contribution in [2.75, 3.05) is 13.6 Å². The van der Waals surface area contributed by atoms with Gasteiger partial charge in [0, 0.05) is 22.9 Å². The summed E-state index contributed by atoms with van der Waals surface area (Å²) in [6.45, 7) is 0.884. The Bertz CT molecular complexity index is 430. The Labute approximate surface area is 125 Å². The van der Waals surface area contributed by atoms with Gasteiger partial charge in [-0.05, 0) is 36.5 Å². The third kappa shape index (κ3) is 3.82. The summed E-state index contributed by atoms with van der Waals surface area (Å²) in [5.41, 5.74) is 1.06. The lowest BCUT2D eigenvalue weighted by molar-refractivity contribution is -0.130. The van der Waals surface area contributed by atoms with E-state index in [9.17, 15) is 4.79 Å². The molecule has 2 rings (SSSR count). The highest BCUT2D eigenvalue weighted by Gasteiger charge is 2.28. The highest BCUT2D eigenvalue weighted by Crippen LogP contribution is 2.33. The molecule has 0 bridgehead atoms. The predicted octanol–water partition coefficient (Wildman–Crippen LogP) is 3.62. The number of benzene rings is 1. The maximum Gasteiger partial charge on any atom is 0.226 e. The maximum atomic E-state index is 12.1. The topological polar surface area (TPSA) is 20.3 Å². The Hall–Kier alpha value is -0.350. The van der Waals surface area contributed by atoms with E-state index < -0.39 is 0 Å². The SMILES string of the molecule is CN(CC1CC(Br)C1)C(=O)Cc1cccc(Br)c1. The van der Waals surface area contributed by atoms with Crippen LogP contribution in [0.2, 0.25) is 0 Å². The van der Waals surface area contributed by atoms with Crippen molar-refractivity contribution in [1.82, 2.24) is 4.90 Å². The van der Waals surface area contributed by atoms with Crippen LogP contribution >= 0.6 is 31.9 Å². The van der Waals surface area contributed by atoms with Crippen molar-refractivity contribution in [3.8, 4) is 0 Å². The summed E-state index contributed by atoms with van der Waals surface area (Å²) in [5, 5.41) is 0. The fraction of sp³-hybridized carbons (Fsp3) is 0.500. The zero-order valence-corrected chi connectivity index (χ0v) is 13.6. The summed E-state index contributed by atoms with van der Waals surface area (Å²) in [5.74, 6) is 0.872. The molecule has 0 atom stereocenters. The van der Waals surface area contributed by atoms with Crippen molar-refractivity contribution in [2.45, 2.75) is 24.1 Å². The average molecular weight is 375 g/mol. The molecule has 0 aromatic heterocycles. The molecule has 0 heterocycles. The van der Waals surface area contributed by atoms with Crippen molar-refractivity contribution >= 4 is 37.8 Å². The molecule has 1 amide bonds. The smallest absolute Gasteiger partial charge is 0.226 e. The summed E-state index contributed by atoms with van der Waals surface area (Å²) in [6.07, 6.45) is 2.86. The number of carbonyl (C=O) groups is 1. The standard InChI is InChI=1S/C14H17Br2NO/c1-17(9-11-6-13(16)7-11)14(18)8-10-3-2-4-12(15)5-10/h2-5,11,13H,6-9H2,1H3. The Morgan fingerprint density at radius 3 is 2.78 bits per heavy atom. The lowest BCUT2D eigenvalue weighted by Crippen LogP contribution is -2.38. The van der Waals surface area contributed by atoms with Crippen molar-refractivity contribution in [1.29, 1.82) is 0 Å². The van der Waals surface area contributed by atoms with Crippen LogP contribution in [0.3, 0.4) is 0 Å². The van der Waals surface area contributed by atoms with Gasteiger partial charge in [0.05, 0.1) is 6.42 Å². The van der Waals surface area contributed by atoms with Gasteiger partial charge in [0.25, 0.3) is 0 Å². The minimum atomic E-state index is 0.200. The minimum absolute atomic E-state index is 0.200. The molecule has 98 valence electrons. The molecule has 0 spiro atoms. The molecule has 1 aromatic carbocycles. The number of rotatable bonds is 4. The second-order valence-electron chi connectivity index (χ2n) is 5.02. The number of alkyl halides is 1. The Morgan fingerprint density at radius 2 is 2.17 bits per heavy atom. The van der Waals surface area contributed by atoms with E-state index in [4.69, 9.17) is 0 Å². The summed E-state index contributed by atoms with van der Waals surface area (Å²) in [4.78, 5) is 14.6. The molecule has 1 aromatic rings. The van der Waals surface area contributed by atoms with Crippen LogP contribution in [0.4, 0.5) is 0 Å². The zero-order chi connectivity index (χ0) is 13.1. The van der Waals surface area contributed by atoms with Crippen molar-refractivity contribution in [3.63, 3.8) is 0 Å². The third-order valence-corrected chi connectivity index (χ3v) is 4.62. The molecule has 1 aliphatic rings. The van der Waals surface area contributed by atoms with E-state index in [-0.39, 0.29) is 5.91 Å². The zero-order valence-electron chi connectivity index (χ0n) is 10.4. The molecule has 1 saturated carbocycles. The van der Waals surface area contributed by atoms with Crippen molar-refractivity contribution in [2.24, 2.45) is 5.92 Å². The van der Waals surface area contributed by atoms with Gasteiger partial charge >= 0.3 is 0 Å². The van der Waals surface area contributed by atoms with Crippen LogP contribution in [-0.2, 0) is 11.2 Å². The molecule has 4 heteroatoms. The summed E-state index contributed by atoms with van der Waals surface area (Å²) >= 11 is 7.01. The molecule has 0 unspecified atom stereocenters. The fourth-order valence-electron chi connectivity index (χ4n) is 2.25. The number of likely N-dealkylation sites (N-methyl/N-ethyl adjacent to an activating group) is 1. The highest BCUT2D eigenvalue weighted by atomic mass is 79.9. The lowest BCUT2D eigenvalue weighted by Gasteiger charge is -2.34. The quantitative estimate of drug-likeness (QED) is 0.737. The average Bonchev–Trinajstić information content (AvgIpc) is 2.26. The molecule has 1 fully saturated rings. The van der Waals surface area contributed by atoms with Gasteiger partial charge < -0.3 is 4.90 Å². The number of nitrogens with zero attached hydrogens (tertiary/aromatic N) is 1. The van der Waals surface area contributed by atoms with E-state index in [0.29, 0.717) is 17.2 Å². The summed E-state index contributed by atoms with van der Waals surface area (Å²) in [7, 11) is 1.90. The van der Waals surface area contributed by atoms with E-state index in [2.05, 4.69) is 31.9 Å². The van der Waals surface area contributed by atoms with Gasteiger partial charge in [-0.2, -0.15) is 0 Å².